The zero-order valence-corrected chi connectivity index (χ0v) is 21.6. The van der Waals surface area contributed by atoms with E-state index < -0.39 is 39.0 Å². The summed E-state index contributed by atoms with van der Waals surface area (Å²) in [4.78, 5) is 14.4. The van der Waals surface area contributed by atoms with Crippen molar-refractivity contribution in [1.82, 2.24) is 9.21 Å². The molecule has 2 heterocycles. The van der Waals surface area contributed by atoms with Gasteiger partial charge in [0.1, 0.15) is 5.82 Å². The van der Waals surface area contributed by atoms with E-state index in [1.165, 1.54) is 34.6 Å². The van der Waals surface area contributed by atoms with E-state index in [0.717, 1.165) is 24.6 Å². The number of anilines is 1. The molecule has 2 saturated heterocycles. The maximum absolute atomic E-state index is 13.8. The molecule has 11 heteroatoms. The van der Waals surface area contributed by atoms with E-state index in [2.05, 4.69) is 5.32 Å². The van der Waals surface area contributed by atoms with Gasteiger partial charge in [-0.2, -0.15) is 17.5 Å². The van der Waals surface area contributed by atoms with Crippen LogP contribution < -0.4 is 5.32 Å². The summed E-state index contributed by atoms with van der Waals surface area (Å²) in [7, 11) is -3.91. The fraction of sp³-hybridized carbons (Fsp3) is 0.500. The SMILES string of the molecule is CC1(C)CCC2(CCN(CC(=O)Nc3cccc(C(F)(F)F)c3)CC2)CN1S(=O)(=O)c1cccc(F)c1. The number of halogens is 4. The minimum atomic E-state index is -4.49. The van der Waals surface area contributed by atoms with Gasteiger partial charge in [0.15, 0.2) is 0 Å². The van der Waals surface area contributed by atoms with Crippen LogP contribution in [0.25, 0.3) is 0 Å². The lowest BCUT2D eigenvalue weighted by molar-refractivity contribution is -0.137. The van der Waals surface area contributed by atoms with Crippen LogP contribution in [0.1, 0.15) is 45.1 Å². The van der Waals surface area contributed by atoms with E-state index in [9.17, 15) is 30.8 Å². The molecule has 0 aliphatic carbocycles. The molecular formula is C26H31F4N3O3S. The van der Waals surface area contributed by atoms with Gasteiger partial charge in [-0.05, 0) is 94.4 Å². The third-order valence-corrected chi connectivity index (χ3v) is 9.62. The Morgan fingerprint density at radius 2 is 1.68 bits per heavy atom. The summed E-state index contributed by atoms with van der Waals surface area (Å²) in [5, 5.41) is 2.53. The van der Waals surface area contributed by atoms with Gasteiger partial charge in [-0.1, -0.05) is 12.1 Å². The Bertz CT molecular complexity index is 1260. The second-order valence-corrected chi connectivity index (χ2v) is 12.5. The number of hydrogen-bond donors (Lipinski definition) is 1. The zero-order valence-electron chi connectivity index (χ0n) is 20.8. The van der Waals surface area contributed by atoms with E-state index in [1.54, 1.807) is 0 Å². The van der Waals surface area contributed by atoms with Gasteiger partial charge < -0.3 is 5.32 Å². The van der Waals surface area contributed by atoms with Gasteiger partial charge in [0.2, 0.25) is 15.9 Å². The maximum Gasteiger partial charge on any atom is 0.416 e. The molecule has 0 saturated carbocycles. The van der Waals surface area contributed by atoms with Crippen molar-refractivity contribution < 1.29 is 30.8 Å². The van der Waals surface area contributed by atoms with Crippen molar-refractivity contribution >= 4 is 21.6 Å². The van der Waals surface area contributed by atoms with Crippen LogP contribution in [0.5, 0.6) is 0 Å². The number of rotatable bonds is 5. The molecule has 2 aromatic rings. The zero-order chi connectivity index (χ0) is 27.1. The van der Waals surface area contributed by atoms with Crippen molar-refractivity contribution in [3.05, 3.63) is 59.9 Å². The number of alkyl halides is 3. The number of benzene rings is 2. The van der Waals surface area contributed by atoms with Crippen molar-refractivity contribution in [1.29, 1.82) is 0 Å². The first kappa shape index (κ1) is 27.5. The Hall–Kier alpha value is -2.50. The van der Waals surface area contributed by atoms with Gasteiger partial charge in [-0.3, -0.25) is 9.69 Å². The number of sulfonamides is 1. The molecule has 4 rings (SSSR count). The minimum Gasteiger partial charge on any atom is -0.325 e. The molecule has 37 heavy (non-hydrogen) atoms. The van der Waals surface area contributed by atoms with Crippen LogP contribution in [0.15, 0.2) is 53.4 Å². The summed E-state index contributed by atoms with van der Waals surface area (Å²) >= 11 is 0. The number of carbonyl (C=O) groups excluding carboxylic acids is 1. The van der Waals surface area contributed by atoms with Gasteiger partial charge in [-0.25, -0.2) is 12.8 Å². The van der Waals surface area contributed by atoms with Crippen LogP contribution >= 0.6 is 0 Å². The van der Waals surface area contributed by atoms with Crippen LogP contribution in [-0.2, 0) is 21.0 Å². The van der Waals surface area contributed by atoms with Crippen LogP contribution in [0.4, 0.5) is 23.2 Å². The number of nitrogens with one attached hydrogen (secondary N) is 1. The van der Waals surface area contributed by atoms with Crippen molar-refractivity contribution in [2.75, 3.05) is 31.5 Å². The summed E-state index contributed by atoms with van der Waals surface area (Å²) in [6, 6.07) is 9.55. The first-order valence-corrected chi connectivity index (χ1v) is 13.6. The minimum absolute atomic E-state index is 0.0309. The largest absolute Gasteiger partial charge is 0.416 e. The van der Waals surface area contributed by atoms with Gasteiger partial charge in [-0.15, -0.1) is 0 Å². The number of nitrogens with zero attached hydrogens (tertiary/aromatic N) is 2. The van der Waals surface area contributed by atoms with Crippen LogP contribution in [-0.4, -0.2) is 55.2 Å². The predicted octanol–water partition coefficient (Wildman–Crippen LogP) is 5.13. The Labute approximate surface area is 214 Å². The molecule has 2 aromatic carbocycles. The average Bonchev–Trinajstić information content (AvgIpc) is 2.82. The Morgan fingerprint density at radius 1 is 1.00 bits per heavy atom. The van der Waals surface area contributed by atoms with Crippen LogP contribution in [0.2, 0.25) is 0 Å². The van der Waals surface area contributed by atoms with E-state index >= 15 is 0 Å². The molecule has 6 nitrogen and oxygen atoms in total. The number of piperidine rings is 2. The summed E-state index contributed by atoms with van der Waals surface area (Å²) in [5.41, 5.74) is -1.63. The number of amides is 1. The molecule has 1 N–H and O–H groups in total. The first-order valence-electron chi connectivity index (χ1n) is 12.2. The Kier molecular flexibility index (Phi) is 7.44. The molecule has 1 amide bonds. The monoisotopic (exact) mass is 541 g/mol. The topological polar surface area (TPSA) is 69.7 Å². The highest BCUT2D eigenvalue weighted by molar-refractivity contribution is 7.89. The molecule has 2 aliphatic heterocycles. The third kappa shape index (κ3) is 6.15. The van der Waals surface area contributed by atoms with Gasteiger partial charge >= 0.3 is 6.18 Å². The lowest BCUT2D eigenvalue weighted by Gasteiger charge is -2.53. The molecule has 2 fully saturated rings. The molecule has 0 aromatic heterocycles. The molecule has 0 unspecified atom stereocenters. The smallest absolute Gasteiger partial charge is 0.325 e. The summed E-state index contributed by atoms with van der Waals surface area (Å²) in [5.74, 6) is -1.02. The fourth-order valence-corrected chi connectivity index (χ4v) is 7.18. The van der Waals surface area contributed by atoms with Crippen molar-refractivity contribution in [3.63, 3.8) is 0 Å². The average molecular weight is 542 g/mol. The molecule has 0 radical (unpaired) electrons. The molecular weight excluding hydrogens is 510 g/mol. The van der Waals surface area contributed by atoms with Crippen LogP contribution in [0, 0.1) is 11.2 Å². The lowest BCUT2D eigenvalue weighted by Crippen LogP contribution is -2.59. The second kappa shape index (κ2) is 9.99. The van der Waals surface area contributed by atoms with Crippen molar-refractivity contribution in [3.8, 4) is 0 Å². The number of hydrogen-bond acceptors (Lipinski definition) is 4. The van der Waals surface area contributed by atoms with Gasteiger partial charge in [0, 0.05) is 17.8 Å². The molecule has 2 aliphatic rings. The van der Waals surface area contributed by atoms with E-state index in [1.807, 2.05) is 18.7 Å². The standard InChI is InChI=1S/C26H31F4N3O3S/c1-24(2)9-10-25(18-33(24)37(35,36)22-8-4-6-20(27)16-22)11-13-32(14-12-25)17-23(34)31-21-7-3-5-19(15-21)26(28,29)30/h3-8,15-16H,9-14,17-18H2,1-2H3,(H,31,34). The number of likely N-dealkylation sites (tertiary alicyclic amines) is 1. The third-order valence-electron chi connectivity index (χ3n) is 7.56. The second-order valence-electron chi connectivity index (χ2n) is 10.7. The quantitative estimate of drug-likeness (QED) is 0.533. The lowest BCUT2D eigenvalue weighted by atomic mass is 9.69. The van der Waals surface area contributed by atoms with Crippen molar-refractivity contribution in [2.24, 2.45) is 5.41 Å². The summed E-state index contributed by atoms with van der Waals surface area (Å²) in [6.07, 6.45) is -1.66. The normalized spacial score (nSPS) is 20.6. The molecule has 0 atom stereocenters. The molecule has 0 bridgehead atoms. The Balaban J connectivity index is 1.39. The highest BCUT2D eigenvalue weighted by Gasteiger charge is 2.49. The number of carbonyl (C=O) groups is 1. The van der Waals surface area contributed by atoms with Crippen molar-refractivity contribution in [2.45, 2.75) is 56.1 Å². The fourth-order valence-electron chi connectivity index (χ4n) is 5.23. The van der Waals surface area contributed by atoms with E-state index in [-0.39, 0.29) is 22.5 Å². The van der Waals surface area contributed by atoms with Crippen LogP contribution in [0.3, 0.4) is 0 Å². The summed E-state index contributed by atoms with van der Waals surface area (Å²) < 4.78 is 81.0. The van der Waals surface area contributed by atoms with Gasteiger partial charge in [0.05, 0.1) is 17.0 Å². The predicted molar refractivity (Wildman–Crippen MR) is 132 cm³/mol. The molecule has 202 valence electrons. The summed E-state index contributed by atoms with van der Waals surface area (Å²) in [6.45, 7) is 5.22. The maximum atomic E-state index is 13.8. The highest BCUT2D eigenvalue weighted by atomic mass is 32.2. The van der Waals surface area contributed by atoms with E-state index in [4.69, 9.17) is 0 Å². The highest BCUT2D eigenvalue weighted by Crippen LogP contribution is 2.46. The molecule has 1 spiro atoms. The van der Waals surface area contributed by atoms with Gasteiger partial charge in [0.25, 0.3) is 0 Å². The Morgan fingerprint density at radius 3 is 2.32 bits per heavy atom. The van der Waals surface area contributed by atoms with E-state index in [0.29, 0.717) is 38.9 Å². The first-order chi connectivity index (χ1) is 17.2.